The van der Waals surface area contributed by atoms with Crippen molar-refractivity contribution in [1.82, 2.24) is 4.57 Å². The van der Waals surface area contributed by atoms with Gasteiger partial charge >= 0.3 is 11.9 Å². The Morgan fingerprint density at radius 2 is 1.74 bits per heavy atom. The minimum absolute atomic E-state index is 0.115. The standard InChI is InChI=1S/C23H18N2O5S/c1-29-20(26)13-25-18-11-10-15(22(28)30-2)12-19(18)31-23(25)24-21(27)17-9-5-7-14-6-3-4-8-16(14)17/h3-12H,13H2,1-2H3. The van der Waals surface area contributed by atoms with E-state index in [1.54, 1.807) is 34.9 Å². The average molecular weight is 434 g/mol. The van der Waals surface area contributed by atoms with Crippen LogP contribution >= 0.6 is 11.3 Å². The van der Waals surface area contributed by atoms with Crippen LogP contribution in [0.5, 0.6) is 0 Å². The van der Waals surface area contributed by atoms with Crippen molar-refractivity contribution < 1.29 is 23.9 Å². The molecule has 7 nitrogen and oxygen atoms in total. The lowest BCUT2D eigenvalue weighted by atomic mass is 10.0. The highest BCUT2D eigenvalue weighted by Gasteiger charge is 2.15. The number of benzene rings is 3. The van der Waals surface area contributed by atoms with Crippen molar-refractivity contribution in [2.75, 3.05) is 14.2 Å². The average Bonchev–Trinajstić information content (AvgIpc) is 3.13. The fourth-order valence-corrected chi connectivity index (χ4v) is 4.38. The fourth-order valence-electron chi connectivity index (χ4n) is 3.31. The lowest BCUT2D eigenvalue weighted by Crippen LogP contribution is -2.22. The minimum Gasteiger partial charge on any atom is -0.468 e. The quantitative estimate of drug-likeness (QED) is 0.459. The van der Waals surface area contributed by atoms with Gasteiger partial charge in [0.05, 0.1) is 30.0 Å². The lowest BCUT2D eigenvalue weighted by Gasteiger charge is -2.05. The number of rotatable bonds is 4. The maximum Gasteiger partial charge on any atom is 0.337 e. The molecule has 0 spiro atoms. The van der Waals surface area contributed by atoms with Crippen molar-refractivity contribution in [3.63, 3.8) is 0 Å². The Balaban J connectivity index is 1.88. The normalized spacial score (nSPS) is 11.6. The molecule has 156 valence electrons. The molecule has 31 heavy (non-hydrogen) atoms. The number of carbonyl (C=O) groups is 3. The summed E-state index contributed by atoms with van der Waals surface area (Å²) >= 11 is 1.21. The van der Waals surface area contributed by atoms with E-state index in [0.717, 1.165) is 10.8 Å². The van der Waals surface area contributed by atoms with E-state index in [1.807, 2.05) is 30.3 Å². The second kappa shape index (κ2) is 8.53. The summed E-state index contributed by atoms with van der Waals surface area (Å²) in [5.74, 6) is -1.37. The van der Waals surface area contributed by atoms with Crippen LogP contribution in [0.3, 0.4) is 0 Å². The molecule has 0 radical (unpaired) electrons. The Morgan fingerprint density at radius 3 is 2.52 bits per heavy atom. The second-order valence-corrected chi connectivity index (χ2v) is 7.67. The third-order valence-electron chi connectivity index (χ3n) is 4.84. The summed E-state index contributed by atoms with van der Waals surface area (Å²) in [6, 6.07) is 18.0. The van der Waals surface area contributed by atoms with Crippen molar-refractivity contribution in [2.24, 2.45) is 4.99 Å². The van der Waals surface area contributed by atoms with E-state index < -0.39 is 17.8 Å². The molecule has 1 amide bonds. The number of aromatic nitrogens is 1. The van der Waals surface area contributed by atoms with Crippen molar-refractivity contribution in [1.29, 1.82) is 0 Å². The smallest absolute Gasteiger partial charge is 0.337 e. The highest BCUT2D eigenvalue weighted by atomic mass is 32.1. The first-order valence-corrected chi connectivity index (χ1v) is 10.2. The van der Waals surface area contributed by atoms with Crippen molar-refractivity contribution in [3.8, 4) is 0 Å². The van der Waals surface area contributed by atoms with E-state index in [9.17, 15) is 14.4 Å². The molecule has 4 rings (SSSR count). The summed E-state index contributed by atoms with van der Waals surface area (Å²) in [6.07, 6.45) is 0. The predicted molar refractivity (Wildman–Crippen MR) is 117 cm³/mol. The van der Waals surface area contributed by atoms with Crippen molar-refractivity contribution in [3.05, 3.63) is 76.6 Å². The summed E-state index contributed by atoms with van der Waals surface area (Å²) in [5, 5.41) is 1.73. The summed E-state index contributed by atoms with van der Waals surface area (Å²) in [5.41, 5.74) is 1.50. The highest BCUT2D eigenvalue weighted by molar-refractivity contribution is 7.16. The van der Waals surface area contributed by atoms with E-state index in [1.165, 1.54) is 25.6 Å². The number of esters is 2. The first-order chi connectivity index (χ1) is 15.0. The van der Waals surface area contributed by atoms with E-state index in [4.69, 9.17) is 9.47 Å². The number of fused-ring (bicyclic) bond motifs is 2. The molecular weight excluding hydrogens is 416 g/mol. The van der Waals surface area contributed by atoms with Crippen LogP contribution < -0.4 is 4.80 Å². The molecule has 0 saturated heterocycles. The number of thiazole rings is 1. The third kappa shape index (κ3) is 3.97. The molecule has 4 aromatic rings. The third-order valence-corrected chi connectivity index (χ3v) is 5.88. The molecule has 0 saturated carbocycles. The van der Waals surface area contributed by atoms with Gasteiger partial charge < -0.3 is 14.0 Å². The zero-order valence-corrected chi connectivity index (χ0v) is 17.6. The van der Waals surface area contributed by atoms with Crippen LogP contribution in [-0.2, 0) is 20.8 Å². The monoisotopic (exact) mass is 434 g/mol. The van der Waals surface area contributed by atoms with Crippen LogP contribution in [0.25, 0.3) is 21.0 Å². The van der Waals surface area contributed by atoms with Gasteiger partial charge in [-0.05, 0) is 35.0 Å². The number of hydrogen-bond acceptors (Lipinski definition) is 6. The number of hydrogen-bond donors (Lipinski definition) is 0. The lowest BCUT2D eigenvalue weighted by molar-refractivity contribution is -0.141. The zero-order chi connectivity index (χ0) is 22.0. The highest BCUT2D eigenvalue weighted by Crippen LogP contribution is 2.22. The SMILES string of the molecule is COC(=O)Cn1c(=NC(=O)c2cccc3ccccc23)sc2cc(C(=O)OC)ccc21. The molecule has 0 aliphatic rings. The van der Waals surface area contributed by atoms with Crippen LogP contribution in [0.2, 0.25) is 0 Å². The Hall–Kier alpha value is -3.78. The largest absolute Gasteiger partial charge is 0.468 e. The van der Waals surface area contributed by atoms with E-state index in [-0.39, 0.29) is 6.54 Å². The summed E-state index contributed by atoms with van der Waals surface area (Å²) in [7, 11) is 2.60. The Kier molecular flexibility index (Phi) is 5.64. The molecule has 0 aliphatic heterocycles. The summed E-state index contributed by atoms with van der Waals surface area (Å²) in [6.45, 7) is -0.115. The van der Waals surface area contributed by atoms with Gasteiger partial charge in [0, 0.05) is 5.56 Å². The van der Waals surface area contributed by atoms with E-state index >= 15 is 0 Å². The van der Waals surface area contributed by atoms with Crippen LogP contribution in [0.4, 0.5) is 0 Å². The Bertz CT molecular complexity index is 1390. The maximum atomic E-state index is 13.1. The topological polar surface area (TPSA) is 87.0 Å². The van der Waals surface area contributed by atoms with Gasteiger partial charge in [0.15, 0.2) is 4.80 Å². The number of methoxy groups -OCH3 is 2. The first kappa shape index (κ1) is 20.5. The van der Waals surface area contributed by atoms with Gasteiger partial charge in [-0.3, -0.25) is 9.59 Å². The molecule has 0 atom stereocenters. The van der Waals surface area contributed by atoms with Crippen LogP contribution in [-0.4, -0.2) is 36.6 Å². The fraction of sp³-hybridized carbons (Fsp3) is 0.130. The summed E-state index contributed by atoms with van der Waals surface area (Å²) < 4.78 is 11.9. The first-order valence-electron chi connectivity index (χ1n) is 9.37. The Morgan fingerprint density at radius 1 is 0.968 bits per heavy atom. The van der Waals surface area contributed by atoms with Gasteiger partial charge in [0.2, 0.25) is 0 Å². The van der Waals surface area contributed by atoms with Gasteiger partial charge in [0.25, 0.3) is 5.91 Å². The number of amides is 1. The predicted octanol–water partition coefficient (Wildman–Crippen LogP) is 3.56. The molecule has 0 unspecified atom stereocenters. The number of carbonyl (C=O) groups excluding carboxylic acids is 3. The second-order valence-electron chi connectivity index (χ2n) is 6.66. The van der Waals surface area contributed by atoms with Gasteiger partial charge in [-0.2, -0.15) is 4.99 Å². The van der Waals surface area contributed by atoms with Crippen molar-refractivity contribution in [2.45, 2.75) is 6.54 Å². The summed E-state index contributed by atoms with van der Waals surface area (Å²) in [4.78, 5) is 41.6. The number of ether oxygens (including phenoxy) is 2. The molecule has 0 bridgehead atoms. The van der Waals surface area contributed by atoms with Crippen LogP contribution in [0.15, 0.2) is 65.7 Å². The van der Waals surface area contributed by atoms with Gasteiger partial charge in [0.1, 0.15) is 6.54 Å². The molecule has 1 aromatic heterocycles. The van der Waals surface area contributed by atoms with Crippen molar-refractivity contribution >= 4 is 50.2 Å². The molecular formula is C23H18N2O5S. The van der Waals surface area contributed by atoms with Crippen LogP contribution in [0, 0.1) is 0 Å². The van der Waals surface area contributed by atoms with Gasteiger partial charge in [-0.15, -0.1) is 0 Å². The molecule has 0 fully saturated rings. The van der Waals surface area contributed by atoms with Crippen LogP contribution in [0.1, 0.15) is 20.7 Å². The Labute approximate surface area is 181 Å². The molecule has 0 aliphatic carbocycles. The van der Waals surface area contributed by atoms with Gasteiger partial charge in [-0.25, -0.2) is 4.79 Å². The molecule has 3 aromatic carbocycles. The molecule has 0 N–H and O–H groups in total. The van der Waals surface area contributed by atoms with E-state index in [0.29, 0.717) is 26.1 Å². The zero-order valence-electron chi connectivity index (χ0n) is 16.8. The maximum absolute atomic E-state index is 13.1. The minimum atomic E-state index is -0.476. The van der Waals surface area contributed by atoms with Gasteiger partial charge in [-0.1, -0.05) is 47.7 Å². The molecule has 1 heterocycles. The number of nitrogens with zero attached hydrogens (tertiary/aromatic N) is 2. The van der Waals surface area contributed by atoms with E-state index in [2.05, 4.69) is 4.99 Å². The molecule has 8 heteroatoms.